The molecular weight excluding hydrogens is 354 g/mol. The fraction of sp³-hybridized carbons (Fsp3) is 0.400. The van der Waals surface area contributed by atoms with Gasteiger partial charge in [0.25, 0.3) is 11.5 Å². The Balaban J connectivity index is 2.13. The molecule has 3 rings (SSSR count). The van der Waals surface area contributed by atoms with Crippen LogP contribution in [0.2, 0.25) is 0 Å². The molecule has 27 heavy (non-hydrogen) atoms. The SMILES string of the molecule is CONC(=O)c1cc2c(n(Cc3ccc(F)cc3F)c1=O)CCCCCC2. The van der Waals surface area contributed by atoms with Crippen LogP contribution in [0.3, 0.4) is 0 Å². The van der Waals surface area contributed by atoms with Gasteiger partial charge in [-0.25, -0.2) is 14.3 Å². The second kappa shape index (κ2) is 8.43. The molecule has 1 aromatic carbocycles. The molecule has 0 saturated heterocycles. The van der Waals surface area contributed by atoms with Gasteiger partial charge in [-0.05, 0) is 43.4 Å². The maximum absolute atomic E-state index is 14.2. The minimum absolute atomic E-state index is 0.0429. The van der Waals surface area contributed by atoms with Crippen LogP contribution in [-0.2, 0) is 24.2 Å². The van der Waals surface area contributed by atoms with Gasteiger partial charge in [-0.15, -0.1) is 0 Å². The number of hydrogen-bond donors (Lipinski definition) is 1. The number of halogens is 2. The van der Waals surface area contributed by atoms with E-state index in [4.69, 9.17) is 0 Å². The van der Waals surface area contributed by atoms with Crippen molar-refractivity contribution in [2.75, 3.05) is 7.11 Å². The lowest BCUT2D eigenvalue weighted by molar-refractivity contribution is 0.0535. The molecule has 1 aliphatic carbocycles. The highest BCUT2D eigenvalue weighted by Crippen LogP contribution is 2.21. The average molecular weight is 376 g/mol. The molecule has 2 aromatic rings. The Morgan fingerprint density at radius 2 is 1.89 bits per heavy atom. The second-order valence-corrected chi connectivity index (χ2v) is 6.71. The van der Waals surface area contributed by atoms with Crippen LogP contribution in [-0.4, -0.2) is 17.6 Å². The van der Waals surface area contributed by atoms with Gasteiger partial charge in [0.2, 0.25) is 0 Å². The molecular formula is C20H22F2N2O3. The van der Waals surface area contributed by atoms with Gasteiger partial charge >= 0.3 is 0 Å². The smallest absolute Gasteiger partial charge is 0.280 e. The van der Waals surface area contributed by atoms with E-state index in [-0.39, 0.29) is 17.7 Å². The summed E-state index contributed by atoms with van der Waals surface area (Å²) in [6, 6.07) is 4.91. The van der Waals surface area contributed by atoms with Crippen LogP contribution in [0, 0.1) is 11.6 Å². The normalized spacial score (nSPS) is 14.2. The first-order chi connectivity index (χ1) is 13.0. The molecule has 0 bridgehead atoms. The van der Waals surface area contributed by atoms with E-state index in [2.05, 4.69) is 10.3 Å². The molecule has 1 aliphatic rings. The predicted octanol–water partition coefficient (Wildman–Crippen LogP) is 3.13. The molecule has 1 amide bonds. The number of nitrogens with one attached hydrogen (secondary N) is 1. The number of pyridine rings is 1. The van der Waals surface area contributed by atoms with E-state index in [0.29, 0.717) is 6.42 Å². The Bertz CT molecular complexity index is 909. The summed E-state index contributed by atoms with van der Waals surface area (Å²) in [4.78, 5) is 29.9. The van der Waals surface area contributed by atoms with Crippen LogP contribution in [0.1, 0.15) is 52.9 Å². The third-order valence-electron chi connectivity index (χ3n) is 4.88. The molecule has 1 N–H and O–H groups in total. The largest absolute Gasteiger partial charge is 0.307 e. The maximum Gasteiger partial charge on any atom is 0.280 e. The van der Waals surface area contributed by atoms with Gasteiger partial charge in [0.05, 0.1) is 13.7 Å². The topological polar surface area (TPSA) is 60.3 Å². The summed E-state index contributed by atoms with van der Waals surface area (Å²) in [6.45, 7) is -0.0542. The zero-order valence-electron chi connectivity index (χ0n) is 15.2. The highest BCUT2D eigenvalue weighted by Gasteiger charge is 2.21. The minimum atomic E-state index is -0.715. The lowest BCUT2D eigenvalue weighted by atomic mass is 9.95. The number of benzene rings is 1. The number of aryl methyl sites for hydroxylation is 1. The van der Waals surface area contributed by atoms with Crippen LogP contribution in [0.25, 0.3) is 0 Å². The quantitative estimate of drug-likeness (QED) is 0.834. The lowest BCUT2D eigenvalue weighted by Crippen LogP contribution is -2.35. The van der Waals surface area contributed by atoms with Gasteiger partial charge in [0.1, 0.15) is 17.2 Å². The first kappa shape index (κ1) is 19.2. The lowest BCUT2D eigenvalue weighted by Gasteiger charge is -2.21. The molecule has 5 nitrogen and oxygen atoms in total. The van der Waals surface area contributed by atoms with Gasteiger partial charge < -0.3 is 4.57 Å². The Kier molecular flexibility index (Phi) is 6.01. The highest BCUT2D eigenvalue weighted by molar-refractivity contribution is 5.93. The summed E-state index contributed by atoms with van der Waals surface area (Å²) < 4.78 is 28.8. The number of fused-ring (bicyclic) bond motifs is 1. The zero-order valence-corrected chi connectivity index (χ0v) is 15.2. The number of carbonyl (C=O) groups excluding carboxylic acids is 1. The van der Waals surface area contributed by atoms with Gasteiger partial charge in [0.15, 0.2) is 0 Å². The molecule has 1 aromatic heterocycles. The third-order valence-corrected chi connectivity index (χ3v) is 4.88. The fourth-order valence-corrected chi connectivity index (χ4v) is 3.53. The molecule has 1 heterocycles. The molecule has 0 fully saturated rings. The van der Waals surface area contributed by atoms with Gasteiger partial charge in [0, 0.05) is 17.3 Å². The van der Waals surface area contributed by atoms with Crippen molar-refractivity contribution in [1.82, 2.24) is 10.0 Å². The molecule has 0 atom stereocenters. The molecule has 0 radical (unpaired) electrons. The second-order valence-electron chi connectivity index (χ2n) is 6.71. The van der Waals surface area contributed by atoms with Crippen molar-refractivity contribution >= 4 is 5.91 Å². The molecule has 0 spiro atoms. The Morgan fingerprint density at radius 3 is 2.59 bits per heavy atom. The van der Waals surface area contributed by atoms with Gasteiger partial charge in [-0.2, -0.15) is 0 Å². The van der Waals surface area contributed by atoms with Crippen LogP contribution in [0.4, 0.5) is 8.78 Å². The third kappa shape index (κ3) is 4.24. The maximum atomic E-state index is 14.2. The number of hydrogen-bond acceptors (Lipinski definition) is 3. The van der Waals surface area contributed by atoms with Crippen molar-refractivity contribution in [3.8, 4) is 0 Å². The molecule has 0 unspecified atom stereocenters. The summed E-state index contributed by atoms with van der Waals surface area (Å²) >= 11 is 0. The van der Waals surface area contributed by atoms with E-state index in [1.54, 1.807) is 6.07 Å². The summed E-state index contributed by atoms with van der Waals surface area (Å²) in [6.07, 6.45) is 5.45. The summed E-state index contributed by atoms with van der Waals surface area (Å²) in [5, 5.41) is 0. The standard InChI is InChI=1S/C20H22F2N2O3/c1-27-23-19(25)16-10-13-6-4-2-3-5-7-18(13)24(20(16)26)12-14-8-9-15(21)11-17(14)22/h8-11H,2-7,12H2,1H3,(H,23,25). The number of aromatic nitrogens is 1. The first-order valence-electron chi connectivity index (χ1n) is 9.04. The van der Waals surface area contributed by atoms with Crippen molar-refractivity contribution in [2.24, 2.45) is 0 Å². The van der Waals surface area contributed by atoms with Gasteiger partial charge in [-0.3, -0.25) is 14.4 Å². The summed E-state index contributed by atoms with van der Waals surface area (Å²) in [5.74, 6) is -2.03. The number of amides is 1. The Labute approximate surface area is 155 Å². The Hall–Kier alpha value is -2.54. The summed E-state index contributed by atoms with van der Waals surface area (Å²) in [7, 11) is 1.29. The van der Waals surface area contributed by atoms with E-state index in [1.165, 1.54) is 17.7 Å². The Morgan fingerprint density at radius 1 is 1.15 bits per heavy atom. The number of nitrogens with zero attached hydrogens (tertiary/aromatic N) is 1. The van der Waals surface area contributed by atoms with Crippen molar-refractivity contribution in [2.45, 2.75) is 45.1 Å². The molecule has 7 heteroatoms. The average Bonchev–Trinajstić information content (AvgIpc) is 2.60. The first-order valence-corrected chi connectivity index (χ1v) is 9.04. The van der Waals surface area contributed by atoms with Crippen LogP contribution < -0.4 is 11.0 Å². The number of rotatable bonds is 4. The number of hydroxylamine groups is 1. The van der Waals surface area contributed by atoms with E-state index in [9.17, 15) is 18.4 Å². The van der Waals surface area contributed by atoms with E-state index in [1.807, 2.05) is 0 Å². The zero-order chi connectivity index (χ0) is 19.4. The monoisotopic (exact) mass is 376 g/mol. The highest BCUT2D eigenvalue weighted by atomic mass is 19.1. The van der Waals surface area contributed by atoms with Crippen molar-refractivity contribution < 1.29 is 18.4 Å². The van der Waals surface area contributed by atoms with Crippen LogP contribution >= 0.6 is 0 Å². The van der Waals surface area contributed by atoms with E-state index in [0.717, 1.165) is 55.5 Å². The van der Waals surface area contributed by atoms with Crippen molar-refractivity contribution in [3.05, 3.63) is 68.6 Å². The summed E-state index contributed by atoms with van der Waals surface area (Å²) in [5.41, 5.74) is 3.55. The minimum Gasteiger partial charge on any atom is -0.307 e. The van der Waals surface area contributed by atoms with Crippen LogP contribution in [0.5, 0.6) is 0 Å². The molecule has 0 saturated carbocycles. The number of carbonyl (C=O) groups is 1. The van der Waals surface area contributed by atoms with E-state index < -0.39 is 23.1 Å². The van der Waals surface area contributed by atoms with Crippen molar-refractivity contribution in [1.29, 1.82) is 0 Å². The molecule has 0 aliphatic heterocycles. The molecule has 144 valence electrons. The fourth-order valence-electron chi connectivity index (χ4n) is 3.53. The predicted molar refractivity (Wildman–Crippen MR) is 96.5 cm³/mol. The van der Waals surface area contributed by atoms with Crippen molar-refractivity contribution in [3.63, 3.8) is 0 Å². The van der Waals surface area contributed by atoms with Gasteiger partial charge in [-0.1, -0.05) is 18.9 Å². The van der Waals surface area contributed by atoms with Crippen LogP contribution in [0.15, 0.2) is 29.1 Å². The van der Waals surface area contributed by atoms with E-state index >= 15 is 0 Å².